The normalized spacial score (nSPS) is 13.3. The first-order valence-corrected chi connectivity index (χ1v) is 5.39. The number of nitrogens with zero attached hydrogens (tertiary/aromatic N) is 1. The Hall–Kier alpha value is -1.10. The topological polar surface area (TPSA) is 89.4 Å². The Bertz CT molecular complexity index is 258. The highest BCUT2D eigenvalue weighted by molar-refractivity contribution is 5.83. The zero-order chi connectivity index (χ0) is 12.9. The number of nitrogens with two attached hydrogens (primary N) is 2. The fourth-order valence-electron chi connectivity index (χ4n) is 1.56. The number of carbonyl (C=O) groups excluding carboxylic acids is 2. The second-order valence-electron chi connectivity index (χ2n) is 5.45. The maximum absolute atomic E-state index is 11.6. The van der Waals surface area contributed by atoms with E-state index in [4.69, 9.17) is 11.5 Å². The third kappa shape index (κ3) is 7.23. The molecule has 0 heterocycles. The zero-order valence-electron chi connectivity index (χ0n) is 10.6. The van der Waals surface area contributed by atoms with Gasteiger partial charge in [0.05, 0.1) is 6.54 Å². The summed E-state index contributed by atoms with van der Waals surface area (Å²) in [7, 11) is 1.55. The van der Waals surface area contributed by atoms with E-state index in [9.17, 15) is 9.59 Å². The lowest BCUT2D eigenvalue weighted by molar-refractivity contribution is -0.134. The summed E-state index contributed by atoms with van der Waals surface area (Å²) in [6.45, 7) is 6.17. The molecule has 0 aromatic heterocycles. The van der Waals surface area contributed by atoms with Gasteiger partial charge in [0.25, 0.3) is 0 Å². The smallest absolute Gasteiger partial charge is 0.237 e. The number of rotatable bonds is 5. The molecule has 0 fully saturated rings. The highest BCUT2D eigenvalue weighted by Gasteiger charge is 2.20. The molecule has 0 aliphatic heterocycles. The summed E-state index contributed by atoms with van der Waals surface area (Å²) >= 11 is 0. The minimum absolute atomic E-state index is 0.0545. The fraction of sp³-hybridized carbons (Fsp3) is 0.818. The highest BCUT2D eigenvalue weighted by Crippen LogP contribution is 2.21. The molecule has 0 saturated carbocycles. The van der Waals surface area contributed by atoms with Gasteiger partial charge in [-0.2, -0.15) is 0 Å². The largest absolute Gasteiger partial charge is 0.368 e. The molecule has 5 nitrogen and oxygen atoms in total. The average molecular weight is 229 g/mol. The van der Waals surface area contributed by atoms with Gasteiger partial charge in [0.15, 0.2) is 0 Å². The molecule has 0 bridgehead atoms. The summed E-state index contributed by atoms with van der Waals surface area (Å²) in [5.74, 6) is -0.657. The van der Waals surface area contributed by atoms with Crippen molar-refractivity contribution < 1.29 is 9.59 Å². The van der Waals surface area contributed by atoms with E-state index in [2.05, 4.69) is 20.8 Å². The predicted octanol–water partition coefficient (Wildman–Crippen LogP) is 0.0837. The Morgan fingerprint density at radius 1 is 1.31 bits per heavy atom. The van der Waals surface area contributed by atoms with Crippen LogP contribution < -0.4 is 11.5 Å². The molecule has 94 valence electrons. The molecule has 4 N–H and O–H groups in total. The molecule has 2 amide bonds. The molecular weight excluding hydrogens is 206 g/mol. The summed E-state index contributed by atoms with van der Waals surface area (Å²) in [5.41, 5.74) is 11.0. The van der Waals surface area contributed by atoms with Gasteiger partial charge < -0.3 is 16.4 Å². The minimum Gasteiger partial charge on any atom is -0.368 e. The molecule has 0 spiro atoms. The molecule has 16 heavy (non-hydrogen) atoms. The third-order valence-electron chi connectivity index (χ3n) is 2.13. The van der Waals surface area contributed by atoms with E-state index in [1.807, 2.05) is 0 Å². The SMILES string of the molecule is CN(CC(N)=O)C(=O)CC(N)CC(C)(C)C. The van der Waals surface area contributed by atoms with Crippen molar-refractivity contribution in [3.8, 4) is 0 Å². The Labute approximate surface area is 97.2 Å². The molecule has 0 aromatic rings. The molecule has 0 aliphatic rings. The lowest BCUT2D eigenvalue weighted by Gasteiger charge is -2.24. The highest BCUT2D eigenvalue weighted by atomic mass is 16.2. The number of carbonyl (C=O) groups is 2. The summed E-state index contributed by atoms with van der Waals surface area (Å²) < 4.78 is 0. The molecule has 1 atom stereocenters. The summed E-state index contributed by atoms with van der Waals surface area (Å²) in [6, 6.07) is -0.178. The van der Waals surface area contributed by atoms with Crippen LogP contribution in [0.15, 0.2) is 0 Å². The van der Waals surface area contributed by atoms with Gasteiger partial charge in [-0.25, -0.2) is 0 Å². The second kappa shape index (κ2) is 5.84. The van der Waals surface area contributed by atoms with Crippen LogP contribution in [-0.2, 0) is 9.59 Å². The van der Waals surface area contributed by atoms with E-state index in [1.165, 1.54) is 4.90 Å². The molecule has 1 unspecified atom stereocenters. The molecule has 0 rings (SSSR count). The second-order valence-corrected chi connectivity index (χ2v) is 5.45. The van der Waals surface area contributed by atoms with Crippen LogP contribution in [0.25, 0.3) is 0 Å². The Kier molecular flexibility index (Phi) is 5.44. The van der Waals surface area contributed by atoms with Gasteiger partial charge in [-0.05, 0) is 11.8 Å². The van der Waals surface area contributed by atoms with E-state index in [-0.39, 0.29) is 30.3 Å². The monoisotopic (exact) mass is 229 g/mol. The van der Waals surface area contributed by atoms with Crippen molar-refractivity contribution in [1.82, 2.24) is 4.90 Å². The van der Waals surface area contributed by atoms with Crippen LogP contribution in [0.4, 0.5) is 0 Å². The zero-order valence-corrected chi connectivity index (χ0v) is 10.6. The third-order valence-corrected chi connectivity index (χ3v) is 2.13. The van der Waals surface area contributed by atoms with Gasteiger partial charge in [-0.15, -0.1) is 0 Å². The van der Waals surface area contributed by atoms with Gasteiger partial charge in [0.1, 0.15) is 0 Å². The molecule has 0 aliphatic carbocycles. The van der Waals surface area contributed by atoms with Gasteiger partial charge in [0.2, 0.25) is 11.8 Å². The minimum atomic E-state index is -0.514. The van der Waals surface area contributed by atoms with Crippen molar-refractivity contribution in [3.63, 3.8) is 0 Å². The lowest BCUT2D eigenvalue weighted by Crippen LogP contribution is -2.39. The van der Waals surface area contributed by atoms with Crippen molar-refractivity contribution in [3.05, 3.63) is 0 Å². The van der Waals surface area contributed by atoms with Crippen molar-refractivity contribution in [2.24, 2.45) is 16.9 Å². The fourth-order valence-corrected chi connectivity index (χ4v) is 1.56. The van der Waals surface area contributed by atoms with Crippen molar-refractivity contribution in [2.75, 3.05) is 13.6 Å². The Morgan fingerprint density at radius 2 is 1.81 bits per heavy atom. The van der Waals surface area contributed by atoms with Crippen molar-refractivity contribution in [2.45, 2.75) is 39.7 Å². The number of amides is 2. The first kappa shape index (κ1) is 14.9. The first-order valence-electron chi connectivity index (χ1n) is 5.39. The predicted molar refractivity (Wildman–Crippen MR) is 63.5 cm³/mol. The summed E-state index contributed by atoms with van der Waals surface area (Å²) in [4.78, 5) is 23.5. The van der Waals surface area contributed by atoms with Gasteiger partial charge in [-0.3, -0.25) is 9.59 Å². The van der Waals surface area contributed by atoms with Crippen molar-refractivity contribution in [1.29, 1.82) is 0 Å². The van der Waals surface area contributed by atoms with Gasteiger partial charge in [0, 0.05) is 19.5 Å². The molecule has 0 radical (unpaired) electrons. The number of likely N-dealkylation sites (N-methyl/N-ethyl adjacent to an activating group) is 1. The van der Waals surface area contributed by atoms with Crippen molar-refractivity contribution >= 4 is 11.8 Å². The van der Waals surface area contributed by atoms with Crippen LogP contribution in [0.1, 0.15) is 33.6 Å². The first-order chi connectivity index (χ1) is 7.11. The average Bonchev–Trinajstić information content (AvgIpc) is 1.98. The number of hydrogen-bond donors (Lipinski definition) is 2. The van der Waals surface area contributed by atoms with Crippen LogP contribution in [0.3, 0.4) is 0 Å². The number of hydrogen-bond acceptors (Lipinski definition) is 3. The van der Waals surface area contributed by atoms with E-state index in [0.29, 0.717) is 0 Å². The Balaban J connectivity index is 4.09. The lowest BCUT2D eigenvalue weighted by atomic mass is 9.87. The van der Waals surface area contributed by atoms with Crippen LogP contribution in [0.5, 0.6) is 0 Å². The van der Waals surface area contributed by atoms with Gasteiger partial charge >= 0.3 is 0 Å². The van der Waals surface area contributed by atoms with E-state index in [0.717, 1.165) is 6.42 Å². The molecule has 0 aromatic carbocycles. The van der Waals surface area contributed by atoms with E-state index in [1.54, 1.807) is 7.05 Å². The summed E-state index contributed by atoms with van der Waals surface area (Å²) in [6.07, 6.45) is 1.02. The van der Waals surface area contributed by atoms with Crippen LogP contribution >= 0.6 is 0 Å². The Morgan fingerprint density at radius 3 is 2.19 bits per heavy atom. The van der Waals surface area contributed by atoms with E-state index >= 15 is 0 Å². The number of primary amides is 1. The maximum atomic E-state index is 11.6. The summed E-state index contributed by atoms with van der Waals surface area (Å²) in [5, 5.41) is 0. The van der Waals surface area contributed by atoms with Crippen LogP contribution in [0.2, 0.25) is 0 Å². The quantitative estimate of drug-likeness (QED) is 0.699. The maximum Gasteiger partial charge on any atom is 0.237 e. The van der Waals surface area contributed by atoms with E-state index < -0.39 is 5.91 Å². The van der Waals surface area contributed by atoms with Gasteiger partial charge in [-0.1, -0.05) is 20.8 Å². The molecular formula is C11H23N3O2. The van der Waals surface area contributed by atoms with Crippen LogP contribution in [-0.4, -0.2) is 36.3 Å². The van der Waals surface area contributed by atoms with Crippen LogP contribution in [0, 0.1) is 5.41 Å². The molecule has 0 saturated heterocycles. The molecule has 5 heteroatoms. The standard InChI is InChI=1S/C11H23N3O2/c1-11(2,3)6-8(12)5-10(16)14(4)7-9(13)15/h8H,5-7,12H2,1-4H3,(H2,13,15).